The van der Waals surface area contributed by atoms with E-state index in [1.165, 1.54) is 0 Å². The van der Waals surface area contributed by atoms with Crippen LogP contribution in [0.3, 0.4) is 0 Å². The number of hydrogen-bond acceptors (Lipinski definition) is 2. The summed E-state index contributed by atoms with van der Waals surface area (Å²) in [5.74, 6) is 0.0170. The molecule has 0 spiro atoms. The van der Waals surface area contributed by atoms with E-state index >= 15 is 0 Å². The lowest BCUT2D eigenvalue weighted by Crippen LogP contribution is -2.00. The molecule has 0 fully saturated rings. The fourth-order valence-corrected chi connectivity index (χ4v) is 2.09. The topological polar surface area (TPSA) is 29.1 Å². The molecule has 0 aromatic heterocycles. The zero-order chi connectivity index (χ0) is 14.5. The first-order chi connectivity index (χ1) is 9.59. The predicted molar refractivity (Wildman–Crippen MR) is 84.9 cm³/mol. The summed E-state index contributed by atoms with van der Waals surface area (Å²) in [4.78, 5) is 11.8. The van der Waals surface area contributed by atoms with Gasteiger partial charge in [-0.05, 0) is 37.1 Å². The molecule has 0 saturated heterocycles. The van der Waals surface area contributed by atoms with Crippen molar-refractivity contribution in [2.45, 2.75) is 13.8 Å². The molecular weight excluding hydrogens is 270 g/mol. The number of Topliss-reactive ketones (excluding diaryl/α,β-unsaturated/α-hetero) is 1. The van der Waals surface area contributed by atoms with Crippen LogP contribution in [0.4, 0.5) is 5.69 Å². The molecule has 2 rings (SSSR count). The third kappa shape index (κ3) is 3.28. The highest BCUT2D eigenvalue weighted by Crippen LogP contribution is 2.24. The number of halogens is 1. The molecule has 0 unspecified atom stereocenters. The van der Waals surface area contributed by atoms with Crippen LogP contribution < -0.4 is 5.32 Å². The van der Waals surface area contributed by atoms with Gasteiger partial charge in [0.1, 0.15) is 0 Å². The quantitative estimate of drug-likeness (QED) is 0.826. The molecule has 0 heterocycles. The molecule has 0 saturated carbocycles. The smallest absolute Gasteiger partial charge is 0.161 e. The minimum atomic E-state index is 0.0170. The molecule has 0 aliphatic heterocycles. The monoisotopic (exact) mass is 285 g/mol. The standard InChI is InChI=1S/C17H16ClNO/c1-12-16(18)9-6-10-17(12)19-11-15(13(2)20)14-7-4-3-5-8-14/h3-11,19H,1-2H3/b15-11-. The van der Waals surface area contributed by atoms with E-state index in [9.17, 15) is 4.79 Å². The van der Waals surface area contributed by atoms with Crippen molar-refractivity contribution >= 4 is 28.6 Å². The number of benzene rings is 2. The maximum absolute atomic E-state index is 11.8. The van der Waals surface area contributed by atoms with Gasteiger partial charge >= 0.3 is 0 Å². The van der Waals surface area contributed by atoms with Gasteiger partial charge in [-0.1, -0.05) is 48.0 Å². The average Bonchev–Trinajstić information content (AvgIpc) is 2.44. The highest BCUT2D eigenvalue weighted by molar-refractivity contribution is 6.31. The second-order valence-electron chi connectivity index (χ2n) is 4.54. The SMILES string of the molecule is CC(=O)/C(=C/Nc1cccc(Cl)c1C)c1ccccc1. The molecule has 1 N–H and O–H groups in total. The number of hydrogen-bond donors (Lipinski definition) is 1. The van der Waals surface area contributed by atoms with Crippen molar-refractivity contribution in [3.8, 4) is 0 Å². The van der Waals surface area contributed by atoms with Crippen molar-refractivity contribution in [2.24, 2.45) is 0 Å². The minimum absolute atomic E-state index is 0.0170. The number of allylic oxidation sites excluding steroid dienone is 1. The van der Waals surface area contributed by atoms with Crippen LogP contribution in [0.5, 0.6) is 0 Å². The second kappa shape index (κ2) is 6.40. The molecule has 0 aliphatic carbocycles. The highest BCUT2D eigenvalue weighted by Gasteiger charge is 2.07. The summed E-state index contributed by atoms with van der Waals surface area (Å²) in [6, 6.07) is 15.2. The van der Waals surface area contributed by atoms with E-state index in [0.29, 0.717) is 10.6 Å². The summed E-state index contributed by atoms with van der Waals surface area (Å²) in [6.07, 6.45) is 1.73. The highest BCUT2D eigenvalue weighted by atomic mass is 35.5. The van der Waals surface area contributed by atoms with Crippen LogP contribution >= 0.6 is 11.6 Å². The van der Waals surface area contributed by atoms with Crippen LogP contribution in [0.2, 0.25) is 5.02 Å². The summed E-state index contributed by atoms with van der Waals surface area (Å²) < 4.78 is 0. The van der Waals surface area contributed by atoms with E-state index < -0.39 is 0 Å². The van der Waals surface area contributed by atoms with E-state index in [-0.39, 0.29) is 5.78 Å². The first-order valence-corrected chi connectivity index (χ1v) is 6.75. The van der Waals surface area contributed by atoms with Crippen LogP contribution in [0.15, 0.2) is 54.7 Å². The van der Waals surface area contributed by atoms with Gasteiger partial charge in [0.15, 0.2) is 5.78 Å². The third-order valence-corrected chi connectivity index (χ3v) is 3.51. The van der Waals surface area contributed by atoms with E-state index in [0.717, 1.165) is 16.8 Å². The predicted octanol–water partition coefficient (Wildman–Crippen LogP) is 4.69. The maximum Gasteiger partial charge on any atom is 0.161 e. The first-order valence-electron chi connectivity index (χ1n) is 6.38. The van der Waals surface area contributed by atoms with Crippen LogP contribution in [-0.4, -0.2) is 5.78 Å². The molecule has 0 bridgehead atoms. The number of nitrogens with one attached hydrogen (secondary N) is 1. The van der Waals surface area contributed by atoms with Crippen molar-refractivity contribution in [3.63, 3.8) is 0 Å². The Kier molecular flexibility index (Phi) is 4.59. The molecule has 0 aliphatic rings. The van der Waals surface area contributed by atoms with Gasteiger partial charge in [0, 0.05) is 22.5 Å². The van der Waals surface area contributed by atoms with Crippen molar-refractivity contribution in [3.05, 3.63) is 70.9 Å². The van der Waals surface area contributed by atoms with Gasteiger partial charge in [-0.25, -0.2) is 0 Å². The summed E-state index contributed by atoms with van der Waals surface area (Å²) in [5.41, 5.74) is 3.39. The zero-order valence-electron chi connectivity index (χ0n) is 11.5. The molecule has 2 aromatic rings. The number of carbonyl (C=O) groups is 1. The van der Waals surface area contributed by atoms with E-state index in [1.54, 1.807) is 13.1 Å². The Labute approximate surface area is 124 Å². The molecule has 0 radical (unpaired) electrons. The molecular formula is C17H16ClNO. The van der Waals surface area contributed by atoms with Crippen LogP contribution in [0.1, 0.15) is 18.1 Å². The lowest BCUT2D eigenvalue weighted by molar-refractivity contribution is -0.111. The van der Waals surface area contributed by atoms with Gasteiger partial charge in [0.25, 0.3) is 0 Å². The summed E-state index contributed by atoms with van der Waals surface area (Å²) in [7, 11) is 0. The van der Waals surface area contributed by atoms with Gasteiger partial charge in [-0.15, -0.1) is 0 Å². The molecule has 102 valence electrons. The zero-order valence-corrected chi connectivity index (χ0v) is 12.2. The fourth-order valence-electron chi connectivity index (χ4n) is 1.92. The number of ketones is 1. The molecule has 2 aromatic carbocycles. The molecule has 0 amide bonds. The third-order valence-electron chi connectivity index (χ3n) is 3.10. The second-order valence-corrected chi connectivity index (χ2v) is 4.94. The van der Waals surface area contributed by atoms with E-state index in [2.05, 4.69) is 5.32 Å². The van der Waals surface area contributed by atoms with Gasteiger partial charge < -0.3 is 5.32 Å². The van der Waals surface area contributed by atoms with Gasteiger partial charge in [0.05, 0.1) is 0 Å². The Morgan fingerprint density at radius 3 is 2.45 bits per heavy atom. The Bertz CT molecular complexity index is 647. The van der Waals surface area contributed by atoms with E-state index in [4.69, 9.17) is 11.6 Å². The molecule has 2 nitrogen and oxygen atoms in total. The van der Waals surface area contributed by atoms with Crippen molar-refractivity contribution in [1.29, 1.82) is 0 Å². The normalized spacial score (nSPS) is 11.2. The first kappa shape index (κ1) is 14.4. The number of anilines is 1. The Morgan fingerprint density at radius 1 is 1.10 bits per heavy atom. The van der Waals surface area contributed by atoms with Gasteiger partial charge in [-0.2, -0.15) is 0 Å². The van der Waals surface area contributed by atoms with Crippen LogP contribution in [0.25, 0.3) is 5.57 Å². The number of carbonyl (C=O) groups excluding carboxylic acids is 1. The van der Waals surface area contributed by atoms with Crippen molar-refractivity contribution in [1.82, 2.24) is 0 Å². The van der Waals surface area contributed by atoms with Crippen LogP contribution in [-0.2, 0) is 4.79 Å². The molecule has 0 atom stereocenters. The maximum atomic E-state index is 11.8. The van der Waals surface area contributed by atoms with Crippen LogP contribution in [0, 0.1) is 6.92 Å². The minimum Gasteiger partial charge on any atom is -0.361 e. The van der Waals surface area contributed by atoms with E-state index in [1.807, 2.05) is 55.5 Å². The average molecular weight is 286 g/mol. The summed E-state index contributed by atoms with van der Waals surface area (Å²) in [6.45, 7) is 3.50. The fraction of sp³-hybridized carbons (Fsp3) is 0.118. The molecule has 3 heteroatoms. The molecule has 20 heavy (non-hydrogen) atoms. The van der Waals surface area contributed by atoms with Gasteiger partial charge in [0.2, 0.25) is 0 Å². The van der Waals surface area contributed by atoms with Crippen molar-refractivity contribution in [2.75, 3.05) is 5.32 Å². The Morgan fingerprint density at radius 2 is 1.80 bits per heavy atom. The Hall–Kier alpha value is -2.06. The largest absolute Gasteiger partial charge is 0.361 e. The summed E-state index contributed by atoms with van der Waals surface area (Å²) in [5, 5.41) is 3.87. The number of rotatable bonds is 4. The summed E-state index contributed by atoms with van der Waals surface area (Å²) >= 11 is 6.08. The van der Waals surface area contributed by atoms with Gasteiger partial charge in [-0.3, -0.25) is 4.79 Å². The lowest BCUT2D eigenvalue weighted by Gasteiger charge is -2.09. The Balaban J connectivity index is 2.32. The van der Waals surface area contributed by atoms with Crippen molar-refractivity contribution < 1.29 is 4.79 Å². The lowest BCUT2D eigenvalue weighted by atomic mass is 10.0.